The summed E-state index contributed by atoms with van der Waals surface area (Å²) in [5, 5.41) is 1.81. The van der Waals surface area contributed by atoms with Crippen molar-refractivity contribution in [2.45, 2.75) is 26.1 Å². The van der Waals surface area contributed by atoms with Crippen molar-refractivity contribution in [3.8, 4) is 0 Å². The first-order valence-corrected chi connectivity index (χ1v) is 6.40. The SMILES string of the molecule is CC1(C)COC(=O)N[C@H]1c1c(C(F)(F)F)ccc(Cl)c1F. The van der Waals surface area contributed by atoms with Crippen LogP contribution in [0.1, 0.15) is 31.0 Å². The molecule has 0 bridgehead atoms. The summed E-state index contributed by atoms with van der Waals surface area (Å²) >= 11 is 5.60. The van der Waals surface area contributed by atoms with Gasteiger partial charge in [-0.1, -0.05) is 25.4 Å². The van der Waals surface area contributed by atoms with E-state index < -0.39 is 45.7 Å². The van der Waals surface area contributed by atoms with Gasteiger partial charge in [-0.05, 0) is 12.1 Å². The van der Waals surface area contributed by atoms with Gasteiger partial charge in [0.25, 0.3) is 0 Å². The molecule has 21 heavy (non-hydrogen) atoms. The molecule has 1 heterocycles. The highest BCUT2D eigenvalue weighted by Gasteiger charge is 2.45. The number of cyclic esters (lactones) is 1. The topological polar surface area (TPSA) is 38.3 Å². The molecule has 1 aromatic carbocycles. The molecule has 0 unspecified atom stereocenters. The molecule has 0 radical (unpaired) electrons. The fourth-order valence-electron chi connectivity index (χ4n) is 2.25. The molecular formula is C13H12ClF4NO2. The van der Waals surface area contributed by atoms with Gasteiger partial charge in [0.15, 0.2) is 0 Å². The summed E-state index contributed by atoms with van der Waals surface area (Å²) in [6, 6.07) is 0.351. The second-order valence-corrected chi connectivity index (χ2v) is 5.87. The van der Waals surface area contributed by atoms with E-state index in [1.54, 1.807) is 13.8 Å². The number of hydrogen-bond acceptors (Lipinski definition) is 2. The highest BCUT2D eigenvalue weighted by molar-refractivity contribution is 6.30. The van der Waals surface area contributed by atoms with Crippen LogP contribution < -0.4 is 5.32 Å². The minimum absolute atomic E-state index is 0.132. The van der Waals surface area contributed by atoms with Crippen LogP contribution >= 0.6 is 11.6 Å². The molecular weight excluding hydrogens is 314 g/mol. The fraction of sp³-hybridized carbons (Fsp3) is 0.462. The minimum Gasteiger partial charge on any atom is -0.449 e. The lowest BCUT2D eigenvalue weighted by Crippen LogP contribution is -2.48. The predicted octanol–water partition coefficient (Wildman–Crippen LogP) is 4.31. The number of carbonyl (C=O) groups excluding carboxylic acids is 1. The van der Waals surface area contributed by atoms with Crippen LogP contribution in [-0.2, 0) is 10.9 Å². The molecule has 0 aromatic heterocycles. The Morgan fingerprint density at radius 3 is 2.57 bits per heavy atom. The monoisotopic (exact) mass is 325 g/mol. The molecule has 0 saturated carbocycles. The lowest BCUT2D eigenvalue weighted by Gasteiger charge is -2.39. The van der Waals surface area contributed by atoms with Crippen LogP contribution in [0.15, 0.2) is 12.1 Å². The van der Waals surface area contributed by atoms with Gasteiger partial charge >= 0.3 is 12.3 Å². The number of rotatable bonds is 1. The van der Waals surface area contributed by atoms with Crippen molar-refractivity contribution in [2.24, 2.45) is 5.41 Å². The Balaban J connectivity index is 2.66. The van der Waals surface area contributed by atoms with Crippen molar-refractivity contribution in [3.05, 3.63) is 34.1 Å². The Morgan fingerprint density at radius 1 is 1.38 bits per heavy atom. The molecule has 1 amide bonds. The summed E-state index contributed by atoms with van der Waals surface area (Å²) in [5.74, 6) is -1.19. The third-order valence-electron chi connectivity index (χ3n) is 3.35. The lowest BCUT2D eigenvalue weighted by atomic mass is 9.78. The molecule has 1 fully saturated rings. The number of ether oxygens (including phenoxy) is 1. The maximum atomic E-state index is 14.2. The van der Waals surface area contributed by atoms with E-state index in [1.807, 2.05) is 0 Å². The van der Waals surface area contributed by atoms with E-state index in [-0.39, 0.29) is 6.61 Å². The van der Waals surface area contributed by atoms with Crippen LogP contribution in [0.4, 0.5) is 22.4 Å². The van der Waals surface area contributed by atoms with Gasteiger partial charge in [-0.25, -0.2) is 9.18 Å². The van der Waals surface area contributed by atoms with Gasteiger partial charge in [-0.3, -0.25) is 0 Å². The molecule has 1 aliphatic heterocycles. The maximum Gasteiger partial charge on any atom is 0.416 e. The van der Waals surface area contributed by atoms with Gasteiger partial charge in [-0.2, -0.15) is 13.2 Å². The second-order valence-electron chi connectivity index (χ2n) is 5.46. The number of carbonyl (C=O) groups is 1. The average Bonchev–Trinajstić information content (AvgIpc) is 2.34. The molecule has 116 valence electrons. The smallest absolute Gasteiger partial charge is 0.416 e. The summed E-state index contributed by atoms with van der Waals surface area (Å²) in [4.78, 5) is 11.3. The summed E-state index contributed by atoms with van der Waals surface area (Å²) in [7, 11) is 0. The number of amides is 1. The minimum atomic E-state index is -4.76. The summed E-state index contributed by atoms with van der Waals surface area (Å²) in [6.07, 6.45) is -5.66. The zero-order valence-electron chi connectivity index (χ0n) is 11.1. The van der Waals surface area contributed by atoms with Gasteiger partial charge in [0, 0.05) is 11.0 Å². The molecule has 1 N–H and O–H groups in total. The van der Waals surface area contributed by atoms with Gasteiger partial charge < -0.3 is 10.1 Å². The summed E-state index contributed by atoms with van der Waals surface area (Å²) in [5.41, 5.74) is -2.76. The molecule has 3 nitrogen and oxygen atoms in total. The number of halogens is 5. The summed E-state index contributed by atoms with van der Waals surface area (Å²) < 4.78 is 58.3. The van der Waals surface area contributed by atoms with E-state index in [9.17, 15) is 22.4 Å². The van der Waals surface area contributed by atoms with Gasteiger partial charge in [0.2, 0.25) is 0 Å². The van der Waals surface area contributed by atoms with E-state index in [0.29, 0.717) is 6.07 Å². The Labute approximate surface area is 123 Å². The Morgan fingerprint density at radius 2 is 2.00 bits per heavy atom. The molecule has 1 aliphatic rings. The van der Waals surface area contributed by atoms with Gasteiger partial charge in [0.1, 0.15) is 12.4 Å². The van der Waals surface area contributed by atoms with Crippen LogP contribution in [0, 0.1) is 11.2 Å². The third-order valence-corrected chi connectivity index (χ3v) is 3.64. The van der Waals surface area contributed by atoms with E-state index in [2.05, 4.69) is 5.32 Å². The molecule has 1 aromatic rings. The van der Waals surface area contributed by atoms with Crippen molar-refractivity contribution >= 4 is 17.7 Å². The molecule has 1 atom stereocenters. The summed E-state index contributed by atoms with van der Waals surface area (Å²) in [6.45, 7) is 3.00. The van der Waals surface area contributed by atoms with E-state index in [4.69, 9.17) is 16.3 Å². The standard InChI is InChI=1S/C13H12ClF4NO2/c1-12(2)5-21-11(20)19-10(12)8-6(13(16,17)18)3-4-7(14)9(8)15/h3-4,10H,5H2,1-2H3,(H,19,20)/t10-/m0/s1. The van der Waals surface area contributed by atoms with Crippen molar-refractivity contribution in [3.63, 3.8) is 0 Å². The normalized spacial score (nSPS) is 21.7. The largest absolute Gasteiger partial charge is 0.449 e. The van der Waals surface area contributed by atoms with E-state index >= 15 is 0 Å². The van der Waals surface area contributed by atoms with E-state index in [0.717, 1.165) is 6.07 Å². The Kier molecular flexibility index (Phi) is 3.82. The van der Waals surface area contributed by atoms with Gasteiger partial charge in [-0.15, -0.1) is 0 Å². The zero-order valence-corrected chi connectivity index (χ0v) is 11.9. The molecule has 0 aliphatic carbocycles. The number of nitrogens with one attached hydrogen (secondary N) is 1. The Hall–Kier alpha value is -1.50. The highest BCUT2D eigenvalue weighted by Crippen LogP contribution is 2.44. The van der Waals surface area contributed by atoms with Crippen LogP contribution in [0.25, 0.3) is 0 Å². The first-order chi connectivity index (χ1) is 9.54. The van der Waals surface area contributed by atoms with Crippen molar-refractivity contribution < 1.29 is 27.1 Å². The third kappa shape index (κ3) is 2.92. The highest BCUT2D eigenvalue weighted by atomic mass is 35.5. The Bertz CT molecular complexity index is 586. The number of benzene rings is 1. The van der Waals surface area contributed by atoms with E-state index in [1.165, 1.54) is 0 Å². The zero-order chi connectivity index (χ0) is 16.0. The van der Waals surface area contributed by atoms with Crippen LogP contribution in [0.3, 0.4) is 0 Å². The first-order valence-electron chi connectivity index (χ1n) is 6.02. The second kappa shape index (κ2) is 5.05. The predicted molar refractivity (Wildman–Crippen MR) is 67.4 cm³/mol. The van der Waals surface area contributed by atoms with Crippen LogP contribution in [-0.4, -0.2) is 12.7 Å². The molecule has 0 spiro atoms. The first kappa shape index (κ1) is 15.9. The van der Waals surface area contributed by atoms with Crippen molar-refractivity contribution in [2.75, 3.05) is 6.61 Å². The number of alkyl carbamates (subject to hydrolysis) is 1. The number of alkyl halides is 3. The molecule has 8 heteroatoms. The fourth-order valence-corrected chi connectivity index (χ4v) is 2.41. The quantitative estimate of drug-likeness (QED) is 0.782. The van der Waals surface area contributed by atoms with Crippen molar-refractivity contribution in [1.29, 1.82) is 0 Å². The molecule has 1 saturated heterocycles. The maximum absolute atomic E-state index is 14.2. The lowest BCUT2D eigenvalue weighted by molar-refractivity contribution is -0.139. The van der Waals surface area contributed by atoms with Gasteiger partial charge in [0.05, 0.1) is 16.6 Å². The average molecular weight is 326 g/mol. The number of hydrogen-bond donors (Lipinski definition) is 1. The van der Waals surface area contributed by atoms with Crippen LogP contribution in [0.5, 0.6) is 0 Å². The molecule has 2 rings (SSSR count). The van der Waals surface area contributed by atoms with Crippen LogP contribution in [0.2, 0.25) is 5.02 Å². The van der Waals surface area contributed by atoms with Crippen molar-refractivity contribution in [1.82, 2.24) is 5.32 Å².